The summed E-state index contributed by atoms with van der Waals surface area (Å²) in [5.74, 6) is 0.376. The van der Waals surface area contributed by atoms with Crippen LogP contribution < -0.4 is 20.5 Å². The Morgan fingerprint density at radius 2 is 1.54 bits per heavy atom. The lowest BCUT2D eigenvalue weighted by Gasteiger charge is -2.09. The van der Waals surface area contributed by atoms with Crippen LogP contribution in [0.5, 0.6) is 11.5 Å². The van der Waals surface area contributed by atoms with Gasteiger partial charge in [0.05, 0.1) is 6.54 Å². The van der Waals surface area contributed by atoms with Crippen LogP contribution in [0.2, 0.25) is 5.02 Å². The van der Waals surface area contributed by atoms with Crippen molar-refractivity contribution in [2.75, 3.05) is 19.8 Å². The van der Waals surface area contributed by atoms with Crippen molar-refractivity contribution in [3.63, 3.8) is 0 Å². The standard InChI is InChI=1S/C17H17ClN2O4/c18-13-3-7-14(8-4-13)23-10-9-20-16(21)11-24-15-5-1-12(2-6-15)17(19)22/h1-8H,9-11H2,(H2,19,22)(H,20,21). The molecule has 0 radical (unpaired) electrons. The lowest BCUT2D eigenvalue weighted by atomic mass is 10.2. The molecule has 0 atom stereocenters. The van der Waals surface area contributed by atoms with Gasteiger partial charge in [-0.3, -0.25) is 9.59 Å². The van der Waals surface area contributed by atoms with Crippen molar-refractivity contribution < 1.29 is 19.1 Å². The zero-order valence-corrected chi connectivity index (χ0v) is 13.6. The van der Waals surface area contributed by atoms with Gasteiger partial charge in [-0.15, -0.1) is 0 Å². The van der Waals surface area contributed by atoms with Gasteiger partial charge in [0.2, 0.25) is 5.91 Å². The molecule has 0 aliphatic rings. The van der Waals surface area contributed by atoms with E-state index in [1.807, 2.05) is 0 Å². The van der Waals surface area contributed by atoms with Crippen LogP contribution in [0.25, 0.3) is 0 Å². The van der Waals surface area contributed by atoms with Gasteiger partial charge in [0.15, 0.2) is 6.61 Å². The molecular weight excluding hydrogens is 332 g/mol. The van der Waals surface area contributed by atoms with E-state index in [4.69, 9.17) is 26.8 Å². The topological polar surface area (TPSA) is 90.7 Å². The molecule has 24 heavy (non-hydrogen) atoms. The molecule has 126 valence electrons. The summed E-state index contributed by atoms with van der Waals surface area (Å²) < 4.78 is 10.8. The second-order valence-electron chi connectivity index (χ2n) is 4.83. The van der Waals surface area contributed by atoms with Crippen molar-refractivity contribution in [2.45, 2.75) is 0 Å². The van der Waals surface area contributed by atoms with Crippen molar-refractivity contribution >= 4 is 23.4 Å². The monoisotopic (exact) mass is 348 g/mol. The third-order valence-corrected chi connectivity index (χ3v) is 3.27. The molecule has 0 unspecified atom stereocenters. The van der Waals surface area contributed by atoms with Crippen LogP contribution in [0.4, 0.5) is 0 Å². The van der Waals surface area contributed by atoms with Gasteiger partial charge in [0.25, 0.3) is 5.91 Å². The minimum absolute atomic E-state index is 0.128. The molecule has 0 saturated carbocycles. The molecule has 2 rings (SSSR count). The number of nitrogens with one attached hydrogen (secondary N) is 1. The Balaban J connectivity index is 1.64. The Hall–Kier alpha value is -2.73. The maximum atomic E-state index is 11.7. The van der Waals surface area contributed by atoms with Crippen LogP contribution in [-0.4, -0.2) is 31.6 Å². The molecule has 0 aliphatic carbocycles. The van der Waals surface area contributed by atoms with Gasteiger partial charge in [0.1, 0.15) is 18.1 Å². The first-order valence-electron chi connectivity index (χ1n) is 7.22. The predicted octanol–water partition coefficient (Wildman–Crippen LogP) is 2.01. The highest BCUT2D eigenvalue weighted by Crippen LogP contribution is 2.15. The summed E-state index contributed by atoms with van der Waals surface area (Å²) in [6.07, 6.45) is 0. The van der Waals surface area contributed by atoms with Gasteiger partial charge in [-0.2, -0.15) is 0 Å². The van der Waals surface area contributed by atoms with E-state index in [1.165, 1.54) is 12.1 Å². The number of hydrogen-bond donors (Lipinski definition) is 2. The van der Waals surface area contributed by atoms with E-state index in [-0.39, 0.29) is 12.5 Å². The normalized spacial score (nSPS) is 10.0. The van der Waals surface area contributed by atoms with Crippen molar-refractivity contribution in [3.8, 4) is 11.5 Å². The highest BCUT2D eigenvalue weighted by molar-refractivity contribution is 6.30. The molecule has 0 heterocycles. The van der Waals surface area contributed by atoms with Crippen LogP contribution >= 0.6 is 11.6 Å². The third-order valence-electron chi connectivity index (χ3n) is 3.02. The Morgan fingerprint density at radius 1 is 0.958 bits per heavy atom. The van der Waals surface area contributed by atoms with Crippen molar-refractivity contribution in [1.82, 2.24) is 5.32 Å². The quantitative estimate of drug-likeness (QED) is 0.714. The summed E-state index contributed by atoms with van der Waals surface area (Å²) in [4.78, 5) is 22.6. The average molecular weight is 349 g/mol. The minimum Gasteiger partial charge on any atom is -0.492 e. The molecule has 0 aliphatic heterocycles. The number of carbonyl (C=O) groups excluding carboxylic acids is 2. The molecule has 7 heteroatoms. The zero-order chi connectivity index (χ0) is 17.4. The van der Waals surface area contributed by atoms with Crippen molar-refractivity contribution in [2.24, 2.45) is 5.73 Å². The van der Waals surface area contributed by atoms with Crippen LogP contribution in [0.3, 0.4) is 0 Å². The fraction of sp³-hybridized carbons (Fsp3) is 0.176. The first kappa shape index (κ1) is 17.6. The third kappa shape index (κ3) is 5.81. The molecule has 6 nitrogen and oxygen atoms in total. The summed E-state index contributed by atoms with van der Waals surface area (Å²) in [5.41, 5.74) is 5.52. The number of primary amides is 1. The van der Waals surface area contributed by atoms with E-state index in [1.54, 1.807) is 36.4 Å². The average Bonchev–Trinajstić information content (AvgIpc) is 2.59. The summed E-state index contributed by atoms with van der Waals surface area (Å²) >= 11 is 5.77. The summed E-state index contributed by atoms with van der Waals surface area (Å²) in [6, 6.07) is 13.2. The van der Waals surface area contributed by atoms with E-state index in [9.17, 15) is 9.59 Å². The molecule has 0 aromatic heterocycles. The van der Waals surface area contributed by atoms with Crippen LogP contribution in [0.15, 0.2) is 48.5 Å². The van der Waals surface area contributed by atoms with Gasteiger partial charge in [-0.1, -0.05) is 11.6 Å². The highest BCUT2D eigenvalue weighted by atomic mass is 35.5. The second-order valence-corrected chi connectivity index (χ2v) is 5.27. The lowest BCUT2D eigenvalue weighted by molar-refractivity contribution is -0.123. The number of hydrogen-bond acceptors (Lipinski definition) is 4. The summed E-state index contributed by atoms with van der Waals surface area (Å²) in [6.45, 7) is 0.559. The Labute approximate surface area is 144 Å². The molecule has 0 fully saturated rings. The molecule has 0 bridgehead atoms. The van der Waals surface area contributed by atoms with E-state index >= 15 is 0 Å². The van der Waals surface area contributed by atoms with E-state index in [0.29, 0.717) is 35.2 Å². The SMILES string of the molecule is NC(=O)c1ccc(OCC(=O)NCCOc2ccc(Cl)cc2)cc1. The number of benzene rings is 2. The van der Waals surface area contributed by atoms with Crippen LogP contribution in [0, 0.1) is 0 Å². The molecule has 2 amide bonds. The first-order valence-corrected chi connectivity index (χ1v) is 7.60. The zero-order valence-electron chi connectivity index (χ0n) is 12.8. The van der Waals surface area contributed by atoms with Crippen LogP contribution in [-0.2, 0) is 4.79 Å². The number of halogens is 1. The van der Waals surface area contributed by atoms with Gasteiger partial charge < -0.3 is 20.5 Å². The van der Waals surface area contributed by atoms with E-state index in [0.717, 1.165) is 0 Å². The molecule has 0 spiro atoms. The maximum absolute atomic E-state index is 11.7. The van der Waals surface area contributed by atoms with Gasteiger partial charge in [-0.05, 0) is 48.5 Å². The minimum atomic E-state index is -0.514. The van der Waals surface area contributed by atoms with Crippen molar-refractivity contribution in [1.29, 1.82) is 0 Å². The van der Waals surface area contributed by atoms with Gasteiger partial charge in [0, 0.05) is 10.6 Å². The Morgan fingerprint density at radius 3 is 2.17 bits per heavy atom. The fourth-order valence-corrected chi connectivity index (χ4v) is 1.93. The fourth-order valence-electron chi connectivity index (χ4n) is 1.81. The number of nitrogens with two attached hydrogens (primary N) is 1. The molecule has 3 N–H and O–H groups in total. The smallest absolute Gasteiger partial charge is 0.258 e. The van der Waals surface area contributed by atoms with Gasteiger partial charge >= 0.3 is 0 Å². The maximum Gasteiger partial charge on any atom is 0.258 e. The van der Waals surface area contributed by atoms with Gasteiger partial charge in [-0.25, -0.2) is 0 Å². The molecular formula is C17H17ClN2O4. The first-order chi connectivity index (χ1) is 11.5. The largest absolute Gasteiger partial charge is 0.492 e. The summed E-state index contributed by atoms with van der Waals surface area (Å²) in [7, 11) is 0. The summed E-state index contributed by atoms with van der Waals surface area (Å²) in [5, 5.41) is 3.31. The predicted molar refractivity (Wildman–Crippen MR) is 90.4 cm³/mol. The van der Waals surface area contributed by atoms with Crippen molar-refractivity contribution in [3.05, 3.63) is 59.1 Å². The van der Waals surface area contributed by atoms with E-state index < -0.39 is 5.91 Å². The number of ether oxygens (including phenoxy) is 2. The lowest BCUT2D eigenvalue weighted by Crippen LogP contribution is -2.32. The Bertz CT molecular complexity index is 687. The molecule has 2 aromatic rings. The number of amides is 2. The van der Waals surface area contributed by atoms with Crippen LogP contribution in [0.1, 0.15) is 10.4 Å². The Kier molecular flexibility index (Phi) is 6.45. The number of carbonyl (C=O) groups is 2. The highest BCUT2D eigenvalue weighted by Gasteiger charge is 2.04. The molecule has 0 saturated heterocycles. The second kappa shape index (κ2) is 8.79. The number of rotatable bonds is 8. The van der Waals surface area contributed by atoms with E-state index in [2.05, 4.69) is 5.32 Å². The molecule has 2 aromatic carbocycles.